The summed E-state index contributed by atoms with van der Waals surface area (Å²) < 4.78 is 17.0. The van der Waals surface area contributed by atoms with Gasteiger partial charge in [0.25, 0.3) is 11.6 Å². The second-order valence-electron chi connectivity index (χ2n) is 6.58. The summed E-state index contributed by atoms with van der Waals surface area (Å²) in [6.45, 7) is 0. The van der Waals surface area contributed by atoms with Crippen LogP contribution >= 0.6 is 23.6 Å². The van der Waals surface area contributed by atoms with Crippen LogP contribution < -0.4 is 20.1 Å². The number of fused-ring (bicyclic) bond motifs is 1. The summed E-state index contributed by atoms with van der Waals surface area (Å²) in [5, 5.41) is 16.8. The zero-order valence-electron chi connectivity index (χ0n) is 17.3. The number of hydrogen-bond acceptors (Lipinski definition) is 9. The number of methoxy groups -OCH3 is 2. The van der Waals surface area contributed by atoms with Gasteiger partial charge in [0.15, 0.2) is 16.0 Å². The molecule has 2 heterocycles. The van der Waals surface area contributed by atoms with Gasteiger partial charge in [0.2, 0.25) is 0 Å². The highest BCUT2D eigenvalue weighted by Gasteiger charge is 2.17. The summed E-state index contributed by atoms with van der Waals surface area (Å²) in [4.78, 5) is 27.4. The first-order chi connectivity index (χ1) is 15.9. The molecule has 33 heavy (non-hydrogen) atoms. The van der Waals surface area contributed by atoms with Crippen LogP contribution in [-0.2, 0) is 0 Å². The summed E-state index contributed by atoms with van der Waals surface area (Å²) >= 11 is 6.54. The van der Waals surface area contributed by atoms with Crippen molar-refractivity contribution < 1.29 is 23.6 Å². The number of amides is 1. The quantitative estimate of drug-likeness (QED) is 0.229. The molecule has 12 heteroatoms. The molecule has 2 N–H and O–H groups in total. The molecule has 10 nitrogen and oxygen atoms in total. The van der Waals surface area contributed by atoms with E-state index >= 15 is 0 Å². The maximum Gasteiger partial charge on any atom is 0.293 e. The monoisotopic (exact) mass is 484 g/mol. The number of nitrogens with one attached hydrogen (secondary N) is 2. The summed E-state index contributed by atoms with van der Waals surface area (Å²) in [5.74, 6) is 0.909. The lowest BCUT2D eigenvalue weighted by atomic mass is 10.1. The number of nitro groups is 1. The normalized spacial score (nSPS) is 10.6. The van der Waals surface area contributed by atoms with Crippen molar-refractivity contribution in [1.82, 2.24) is 10.3 Å². The van der Waals surface area contributed by atoms with E-state index in [2.05, 4.69) is 15.6 Å². The van der Waals surface area contributed by atoms with E-state index in [0.717, 1.165) is 4.70 Å². The van der Waals surface area contributed by atoms with Crippen molar-refractivity contribution in [3.8, 4) is 22.8 Å². The molecule has 0 aliphatic carbocycles. The van der Waals surface area contributed by atoms with E-state index in [4.69, 9.17) is 26.1 Å². The molecule has 4 aromatic rings. The van der Waals surface area contributed by atoms with Crippen LogP contribution in [0.15, 0.2) is 52.9 Å². The number of thiazole rings is 1. The summed E-state index contributed by atoms with van der Waals surface area (Å²) in [6, 6.07) is 12.5. The van der Waals surface area contributed by atoms with Gasteiger partial charge in [-0.2, -0.15) is 0 Å². The van der Waals surface area contributed by atoms with Crippen LogP contribution in [0.2, 0.25) is 0 Å². The number of anilines is 1. The molecule has 0 atom stereocenters. The third-order valence-electron chi connectivity index (χ3n) is 4.51. The van der Waals surface area contributed by atoms with Gasteiger partial charge in [-0.25, -0.2) is 4.98 Å². The number of hydrogen-bond donors (Lipinski definition) is 2. The van der Waals surface area contributed by atoms with E-state index in [1.165, 1.54) is 42.7 Å². The predicted molar refractivity (Wildman–Crippen MR) is 127 cm³/mol. The molecule has 2 aromatic carbocycles. The van der Waals surface area contributed by atoms with Gasteiger partial charge in [0.05, 0.1) is 23.8 Å². The molecule has 0 fully saturated rings. The second-order valence-corrected chi connectivity index (χ2v) is 8.01. The fourth-order valence-electron chi connectivity index (χ4n) is 2.98. The Hall–Kier alpha value is -4.03. The Morgan fingerprint density at radius 1 is 1.18 bits per heavy atom. The maximum atomic E-state index is 12.5. The Labute approximate surface area is 196 Å². The number of thiocarbonyl (C=S) groups is 1. The number of carbonyl (C=O) groups is 1. The average Bonchev–Trinajstić information content (AvgIpc) is 3.45. The van der Waals surface area contributed by atoms with Crippen molar-refractivity contribution in [2.45, 2.75) is 0 Å². The van der Waals surface area contributed by atoms with Crippen molar-refractivity contribution in [3.63, 3.8) is 0 Å². The molecule has 0 spiro atoms. The smallest absolute Gasteiger partial charge is 0.293 e. The molecule has 0 saturated heterocycles. The Balaban J connectivity index is 1.46. The van der Waals surface area contributed by atoms with E-state index in [9.17, 15) is 14.9 Å². The topological polar surface area (TPSA) is 129 Å². The van der Waals surface area contributed by atoms with Gasteiger partial charge in [-0.15, -0.1) is 0 Å². The minimum absolute atomic E-state index is 0.00337. The fraction of sp³-hybridized carbons (Fsp3) is 0.0952. The summed E-state index contributed by atoms with van der Waals surface area (Å²) in [5.41, 5.74) is 1.03. The number of aromatic nitrogens is 1. The Morgan fingerprint density at radius 3 is 2.73 bits per heavy atom. The van der Waals surface area contributed by atoms with E-state index in [0.29, 0.717) is 33.5 Å². The van der Waals surface area contributed by atoms with E-state index < -0.39 is 10.8 Å². The third-order valence-corrected chi connectivity index (χ3v) is 5.63. The zero-order chi connectivity index (χ0) is 23.5. The Kier molecular flexibility index (Phi) is 6.20. The van der Waals surface area contributed by atoms with Crippen molar-refractivity contribution in [1.29, 1.82) is 0 Å². The fourth-order valence-corrected chi connectivity index (χ4v) is 4.15. The van der Waals surface area contributed by atoms with Gasteiger partial charge in [0, 0.05) is 23.8 Å². The van der Waals surface area contributed by atoms with Crippen LogP contribution in [0.25, 0.3) is 21.5 Å². The van der Waals surface area contributed by atoms with E-state index in [1.54, 1.807) is 25.3 Å². The highest BCUT2D eigenvalue weighted by Crippen LogP contribution is 2.36. The van der Waals surface area contributed by atoms with Gasteiger partial charge in [-0.1, -0.05) is 23.5 Å². The minimum Gasteiger partial charge on any atom is -0.497 e. The van der Waals surface area contributed by atoms with Crippen molar-refractivity contribution in [2.75, 3.05) is 19.5 Å². The molecule has 0 saturated carbocycles. The van der Waals surface area contributed by atoms with Crippen LogP contribution in [0.5, 0.6) is 11.5 Å². The van der Waals surface area contributed by atoms with Crippen LogP contribution in [0, 0.1) is 10.1 Å². The SMILES string of the molecule is COc1cc(OC)c2nc(NC(=S)NC(=O)c3ccc(-c4cccc([N+](=O)[O-])c4)o3)sc2c1. The van der Waals surface area contributed by atoms with E-state index in [1.807, 2.05) is 6.07 Å². The van der Waals surface area contributed by atoms with Crippen LogP contribution in [-0.4, -0.2) is 35.1 Å². The minimum atomic E-state index is -0.579. The lowest BCUT2D eigenvalue weighted by Gasteiger charge is -2.05. The number of rotatable bonds is 6. The van der Waals surface area contributed by atoms with Gasteiger partial charge in [0.1, 0.15) is 22.8 Å². The van der Waals surface area contributed by atoms with Gasteiger partial charge in [-0.05, 0) is 30.4 Å². The van der Waals surface area contributed by atoms with Gasteiger partial charge >= 0.3 is 0 Å². The largest absolute Gasteiger partial charge is 0.497 e. The number of nitro benzene ring substituents is 1. The van der Waals surface area contributed by atoms with Gasteiger partial charge < -0.3 is 19.2 Å². The maximum absolute atomic E-state index is 12.5. The highest BCUT2D eigenvalue weighted by atomic mass is 32.1. The number of ether oxygens (including phenoxy) is 2. The molecule has 0 radical (unpaired) electrons. The standard InChI is InChI=1S/C21H16N4O6S2/c1-29-13-9-16(30-2)18-17(10-13)33-21(22-18)24-20(32)23-19(26)15-7-6-14(31-15)11-4-3-5-12(8-11)25(27)28/h3-10H,1-2H3,(H2,22,23,24,26,32). The van der Waals surface area contributed by atoms with Crippen molar-refractivity contribution in [3.05, 3.63) is 64.4 Å². The summed E-state index contributed by atoms with van der Waals surface area (Å²) in [7, 11) is 3.10. The van der Waals surface area contributed by atoms with Gasteiger partial charge in [-0.3, -0.25) is 20.2 Å². The molecule has 0 aliphatic heterocycles. The zero-order valence-corrected chi connectivity index (χ0v) is 18.9. The number of carbonyl (C=O) groups excluding carboxylic acids is 1. The van der Waals surface area contributed by atoms with Crippen LogP contribution in [0.3, 0.4) is 0 Å². The number of non-ortho nitro benzene ring substituents is 1. The van der Waals surface area contributed by atoms with Crippen molar-refractivity contribution in [2.24, 2.45) is 0 Å². The number of nitrogens with zero attached hydrogens (tertiary/aromatic N) is 2. The molecule has 0 aliphatic rings. The molecule has 4 rings (SSSR count). The lowest BCUT2D eigenvalue weighted by molar-refractivity contribution is -0.384. The average molecular weight is 485 g/mol. The summed E-state index contributed by atoms with van der Waals surface area (Å²) in [6.07, 6.45) is 0. The molecular formula is C21H16N4O6S2. The highest BCUT2D eigenvalue weighted by molar-refractivity contribution is 7.80. The predicted octanol–water partition coefficient (Wildman–Crippen LogP) is 4.61. The molecule has 168 valence electrons. The molecule has 0 bridgehead atoms. The number of furan rings is 1. The first-order valence-corrected chi connectivity index (χ1v) is 10.6. The Morgan fingerprint density at radius 2 is 2.00 bits per heavy atom. The van der Waals surface area contributed by atoms with E-state index in [-0.39, 0.29) is 16.6 Å². The number of benzene rings is 2. The van der Waals surface area contributed by atoms with Crippen LogP contribution in [0.1, 0.15) is 10.6 Å². The Bertz CT molecular complexity index is 1380. The second kappa shape index (κ2) is 9.22. The molecular weight excluding hydrogens is 468 g/mol. The lowest BCUT2D eigenvalue weighted by Crippen LogP contribution is -2.33. The van der Waals surface area contributed by atoms with Crippen LogP contribution in [0.4, 0.5) is 10.8 Å². The molecule has 1 amide bonds. The first-order valence-electron chi connectivity index (χ1n) is 9.37. The molecule has 2 aromatic heterocycles. The molecule has 0 unspecified atom stereocenters. The first kappa shape index (κ1) is 22.2. The van der Waals surface area contributed by atoms with Crippen molar-refractivity contribution >= 4 is 55.6 Å². The third kappa shape index (κ3) is 4.76.